The van der Waals surface area contributed by atoms with Crippen LogP contribution in [-0.4, -0.2) is 40.4 Å². The molecule has 32 heavy (non-hydrogen) atoms. The summed E-state index contributed by atoms with van der Waals surface area (Å²) in [6.07, 6.45) is 1.70. The maximum Gasteiger partial charge on any atom is 0.405 e. The van der Waals surface area contributed by atoms with E-state index >= 15 is 0 Å². The number of amides is 1. The molecule has 0 radical (unpaired) electrons. The number of halogens is 1. The summed E-state index contributed by atoms with van der Waals surface area (Å²) < 4.78 is 31.2. The molecule has 1 saturated carbocycles. The Labute approximate surface area is 180 Å². The molecule has 0 spiro atoms. The third-order valence-electron chi connectivity index (χ3n) is 5.06. The van der Waals surface area contributed by atoms with Crippen molar-refractivity contribution in [3.05, 3.63) is 58.5 Å². The lowest BCUT2D eigenvalue weighted by Crippen LogP contribution is -2.40. The Balaban J connectivity index is 1.62. The lowest BCUT2D eigenvalue weighted by molar-refractivity contribution is -0.385. The van der Waals surface area contributed by atoms with Gasteiger partial charge in [0.05, 0.1) is 29.2 Å². The number of carbonyl (C=O) groups is 1. The van der Waals surface area contributed by atoms with E-state index < -0.39 is 22.4 Å². The van der Waals surface area contributed by atoms with Gasteiger partial charge in [-0.25, -0.2) is 9.18 Å². The van der Waals surface area contributed by atoms with Crippen molar-refractivity contribution in [2.24, 2.45) is 0 Å². The lowest BCUT2D eigenvalue weighted by atomic mass is 10.1. The quantitative estimate of drug-likeness (QED) is 0.390. The predicted molar refractivity (Wildman–Crippen MR) is 110 cm³/mol. The van der Waals surface area contributed by atoms with E-state index in [-0.39, 0.29) is 23.8 Å². The number of hydrogen-bond acceptors (Lipinski definition) is 7. The van der Waals surface area contributed by atoms with Crippen LogP contribution < -0.4 is 19.5 Å². The van der Waals surface area contributed by atoms with Gasteiger partial charge >= 0.3 is 6.09 Å². The molecule has 0 bridgehead atoms. The largest absolute Gasteiger partial charge is 0.493 e. The Bertz CT molecular complexity index is 1210. The van der Waals surface area contributed by atoms with Crippen LogP contribution in [0.4, 0.5) is 14.9 Å². The first-order valence-corrected chi connectivity index (χ1v) is 9.53. The van der Waals surface area contributed by atoms with Crippen LogP contribution in [0.3, 0.4) is 0 Å². The Kier molecular flexibility index (Phi) is 5.39. The van der Waals surface area contributed by atoms with E-state index in [2.05, 4.69) is 10.3 Å². The molecule has 0 unspecified atom stereocenters. The lowest BCUT2D eigenvalue weighted by Gasteiger charge is -2.18. The van der Waals surface area contributed by atoms with E-state index in [1.807, 2.05) is 0 Å². The van der Waals surface area contributed by atoms with Crippen LogP contribution in [0.5, 0.6) is 23.0 Å². The average molecular weight is 443 g/mol. The van der Waals surface area contributed by atoms with Gasteiger partial charge in [0.25, 0.3) is 5.69 Å². The zero-order valence-electron chi connectivity index (χ0n) is 16.8. The molecule has 1 fully saturated rings. The highest BCUT2D eigenvalue weighted by Gasteiger charge is 2.45. The SMILES string of the molecule is COc1cc2c(Oc3ccc([N+](=O)[O-])cc3F)ccnc2cc1OCC1(NC(=O)O)CC1. The van der Waals surface area contributed by atoms with Gasteiger partial charge in [0, 0.05) is 23.7 Å². The standard InChI is InChI=1S/C21H18FN3O7/c1-30-18-9-13-15(10-19(18)31-11-21(5-6-21)24-20(26)27)23-7-4-16(13)32-17-3-2-12(25(28)29)8-14(17)22/h2-4,7-10,24H,5-6,11H2,1H3,(H,26,27). The Morgan fingerprint density at radius 1 is 1.22 bits per heavy atom. The van der Waals surface area contributed by atoms with Crippen molar-refractivity contribution in [2.75, 3.05) is 13.7 Å². The number of aromatic nitrogens is 1. The summed E-state index contributed by atoms with van der Waals surface area (Å²) in [4.78, 5) is 25.3. The molecule has 1 aromatic heterocycles. The number of non-ortho nitro benzene ring substituents is 1. The number of benzene rings is 2. The van der Waals surface area contributed by atoms with Crippen molar-refractivity contribution >= 4 is 22.7 Å². The minimum atomic E-state index is -1.11. The minimum absolute atomic E-state index is 0.130. The monoisotopic (exact) mass is 443 g/mol. The van der Waals surface area contributed by atoms with Crippen molar-refractivity contribution in [3.63, 3.8) is 0 Å². The second-order valence-corrected chi connectivity index (χ2v) is 7.30. The summed E-state index contributed by atoms with van der Waals surface area (Å²) in [6.45, 7) is 0.130. The highest BCUT2D eigenvalue weighted by atomic mass is 19.1. The number of nitro groups is 1. The summed E-state index contributed by atoms with van der Waals surface area (Å²) in [5.41, 5.74) is -0.530. The van der Waals surface area contributed by atoms with Gasteiger partial charge in [-0.1, -0.05) is 0 Å². The molecule has 0 saturated heterocycles. The average Bonchev–Trinajstić information content (AvgIpc) is 3.51. The molecule has 4 rings (SSSR count). The third kappa shape index (κ3) is 4.31. The van der Waals surface area contributed by atoms with Gasteiger partial charge in [-0.05, 0) is 31.0 Å². The molecule has 2 N–H and O–H groups in total. The minimum Gasteiger partial charge on any atom is -0.493 e. The second kappa shape index (κ2) is 8.17. The number of hydrogen-bond donors (Lipinski definition) is 2. The molecule has 2 aromatic carbocycles. The molecular weight excluding hydrogens is 425 g/mol. The van der Waals surface area contributed by atoms with Gasteiger partial charge in [0.15, 0.2) is 23.1 Å². The van der Waals surface area contributed by atoms with Gasteiger partial charge in [0.2, 0.25) is 0 Å². The number of fused-ring (bicyclic) bond motifs is 1. The van der Waals surface area contributed by atoms with E-state index in [0.29, 0.717) is 35.2 Å². The van der Waals surface area contributed by atoms with Gasteiger partial charge in [-0.3, -0.25) is 15.1 Å². The highest BCUT2D eigenvalue weighted by molar-refractivity contribution is 5.88. The zero-order chi connectivity index (χ0) is 22.9. The molecule has 1 aliphatic carbocycles. The van der Waals surface area contributed by atoms with Crippen molar-refractivity contribution in [1.82, 2.24) is 10.3 Å². The molecule has 0 atom stereocenters. The van der Waals surface area contributed by atoms with E-state index in [1.165, 1.54) is 25.4 Å². The number of nitro benzene ring substituents is 1. The smallest absolute Gasteiger partial charge is 0.405 e. The van der Waals surface area contributed by atoms with Crippen LogP contribution in [0.15, 0.2) is 42.6 Å². The van der Waals surface area contributed by atoms with Gasteiger partial charge in [-0.2, -0.15) is 0 Å². The van der Waals surface area contributed by atoms with Gasteiger partial charge in [-0.15, -0.1) is 0 Å². The van der Waals surface area contributed by atoms with Crippen LogP contribution in [0.25, 0.3) is 10.9 Å². The Morgan fingerprint density at radius 2 is 2.00 bits per heavy atom. The van der Waals surface area contributed by atoms with Crippen molar-refractivity contribution in [1.29, 1.82) is 0 Å². The topological polar surface area (TPSA) is 133 Å². The van der Waals surface area contributed by atoms with Crippen molar-refractivity contribution < 1.29 is 33.4 Å². The maximum atomic E-state index is 14.3. The first-order valence-electron chi connectivity index (χ1n) is 9.53. The molecule has 3 aromatic rings. The van der Waals surface area contributed by atoms with Crippen LogP contribution in [0.2, 0.25) is 0 Å². The number of carboxylic acid groups (broad SMARTS) is 1. The summed E-state index contributed by atoms with van der Waals surface area (Å²) in [6, 6.07) is 7.86. The number of nitrogens with one attached hydrogen (secondary N) is 1. The normalized spacial score (nSPS) is 13.9. The summed E-state index contributed by atoms with van der Waals surface area (Å²) in [7, 11) is 1.45. The predicted octanol–water partition coefficient (Wildman–Crippen LogP) is 4.26. The molecule has 11 heteroatoms. The summed E-state index contributed by atoms with van der Waals surface area (Å²) in [5.74, 6) is -0.0800. The Hall–Kier alpha value is -4.15. The number of pyridine rings is 1. The Morgan fingerprint density at radius 3 is 2.62 bits per heavy atom. The fourth-order valence-electron chi connectivity index (χ4n) is 3.19. The van der Waals surface area contributed by atoms with Crippen LogP contribution in [-0.2, 0) is 0 Å². The summed E-state index contributed by atoms with van der Waals surface area (Å²) in [5, 5.41) is 22.7. The first kappa shape index (κ1) is 21.1. The first-order chi connectivity index (χ1) is 15.3. The molecular formula is C21H18FN3O7. The van der Waals surface area contributed by atoms with E-state index in [9.17, 15) is 19.3 Å². The molecule has 1 aliphatic rings. The van der Waals surface area contributed by atoms with Crippen molar-refractivity contribution in [3.8, 4) is 23.0 Å². The molecule has 0 aliphatic heterocycles. The van der Waals surface area contributed by atoms with Crippen LogP contribution >= 0.6 is 0 Å². The molecule has 1 heterocycles. The molecule has 1 amide bonds. The number of methoxy groups -OCH3 is 1. The fourth-order valence-corrected chi connectivity index (χ4v) is 3.19. The molecule has 10 nitrogen and oxygen atoms in total. The third-order valence-corrected chi connectivity index (χ3v) is 5.06. The summed E-state index contributed by atoms with van der Waals surface area (Å²) >= 11 is 0. The highest BCUT2D eigenvalue weighted by Crippen LogP contribution is 2.40. The zero-order valence-corrected chi connectivity index (χ0v) is 16.8. The van der Waals surface area contributed by atoms with E-state index in [4.69, 9.17) is 19.3 Å². The van der Waals surface area contributed by atoms with Gasteiger partial charge < -0.3 is 24.6 Å². The number of nitrogens with zero attached hydrogens (tertiary/aromatic N) is 2. The fraction of sp³-hybridized carbons (Fsp3) is 0.238. The maximum absolute atomic E-state index is 14.3. The second-order valence-electron chi connectivity index (χ2n) is 7.30. The van der Waals surface area contributed by atoms with Crippen LogP contribution in [0.1, 0.15) is 12.8 Å². The van der Waals surface area contributed by atoms with Crippen LogP contribution in [0, 0.1) is 15.9 Å². The number of ether oxygens (including phenoxy) is 3. The number of rotatable bonds is 8. The van der Waals surface area contributed by atoms with E-state index in [0.717, 1.165) is 12.1 Å². The van der Waals surface area contributed by atoms with E-state index in [1.54, 1.807) is 12.1 Å². The van der Waals surface area contributed by atoms with Crippen molar-refractivity contribution in [2.45, 2.75) is 18.4 Å². The molecule has 166 valence electrons. The van der Waals surface area contributed by atoms with Gasteiger partial charge in [0.1, 0.15) is 12.4 Å².